The van der Waals surface area contributed by atoms with E-state index in [0.29, 0.717) is 42.3 Å². The minimum Gasteiger partial charge on any atom is -0.299 e. The van der Waals surface area contributed by atoms with Crippen molar-refractivity contribution in [3.63, 3.8) is 0 Å². The number of hydrogen-bond donors (Lipinski definition) is 0. The molecule has 0 spiro atoms. The van der Waals surface area contributed by atoms with Crippen LogP contribution in [0.3, 0.4) is 0 Å². The Hall–Kier alpha value is -0.540. The van der Waals surface area contributed by atoms with E-state index in [2.05, 4.69) is 6.92 Å². The molecule has 0 N–H and O–H groups in total. The summed E-state index contributed by atoms with van der Waals surface area (Å²) in [6.07, 6.45) is 3.26. The Morgan fingerprint density at radius 2 is 1.70 bits per heavy atom. The Labute approximate surface area is 136 Å². The topological polar surface area (TPSA) is 17.1 Å². The molecule has 4 heteroatoms. The summed E-state index contributed by atoms with van der Waals surface area (Å²) in [7, 11) is 0. The van der Waals surface area contributed by atoms with Crippen LogP contribution in [0.25, 0.3) is 0 Å². The predicted octanol–water partition coefficient (Wildman–Crippen LogP) is 5.39. The van der Waals surface area contributed by atoms with E-state index in [-0.39, 0.29) is 11.3 Å². The summed E-state index contributed by atoms with van der Waals surface area (Å²) >= 11 is 0. The minimum absolute atomic E-state index is 0.114. The standard InChI is InChI=1S/C19H27F3O/c1-18-9-8-14-13-5-3-12(19(20,21)22)10-11(13)2-4-15(14)16(18)6-7-17(18)23/h11-16H,2-10H2,1H3/t11?,12?,13?,14?,15?,16?,18-/m0/s1. The van der Waals surface area contributed by atoms with E-state index in [1.165, 1.54) is 0 Å². The summed E-state index contributed by atoms with van der Waals surface area (Å²) in [4.78, 5) is 12.3. The van der Waals surface area contributed by atoms with E-state index >= 15 is 0 Å². The van der Waals surface area contributed by atoms with Crippen LogP contribution < -0.4 is 0 Å². The van der Waals surface area contributed by atoms with Gasteiger partial charge in [-0.05, 0) is 81.0 Å². The number of Topliss-reactive ketones (excluding diaryl/α,β-unsaturated/α-hetero) is 1. The van der Waals surface area contributed by atoms with Crippen LogP contribution in [0.15, 0.2) is 0 Å². The first-order valence-corrected chi connectivity index (χ1v) is 9.40. The maximum absolute atomic E-state index is 13.1. The number of alkyl halides is 3. The third kappa shape index (κ3) is 2.38. The summed E-state index contributed by atoms with van der Waals surface area (Å²) in [6.45, 7) is 2.16. The summed E-state index contributed by atoms with van der Waals surface area (Å²) in [5, 5.41) is 0. The van der Waals surface area contributed by atoms with Gasteiger partial charge in [0.1, 0.15) is 5.78 Å². The van der Waals surface area contributed by atoms with Crippen molar-refractivity contribution < 1.29 is 18.0 Å². The van der Waals surface area contributed by atoms with E-state index in [1.54, 1.807) is 0 Å². The molecular weight excluding hydrogens is 301 g/mol. The molecule has 23 heavy (non-hydrogen) atoms. The quantitative estimate of drug-likeness (QED) is 0.583. The van der Waals surface area contributed by atoms with Crippen molar-refractivity contribution in [1.29, 1.82) is 0 Å². The zero-order chi connectivity index (χ0) is 16.4. The van der Waals surface area contributed by atoms with Crippen LogP contribution in [-0.4, -0.2) is 12.0 Å². The number of halogens is 3. The number of fused-ring (bicyclic) bond motifs is 5. The highest BCUT2D eigenvalue weighted by Gasteiger charge is 2.57. The van der Waals surface area contributed by atoms with Crippen molar-refractivity contribution in [2.75, 3.05) is 0 Å². The van der Waals surface area contributed by atoms with E-state index in [9.17, 15) is 18.0 Å². The molecule has 4 aliphatic carbocycles. The number of hydrogen-bond acceptors (Lipinski definition) is 1. The Balaban J connectivity index is 1.52. The molecular formula is C19H27F3O. The number of ketones is 1. The lowest BCUT2D eigenvalue weighted by Crippen LogP contribution is -2.49. The first kappa shape index (κ1) is 16.0. The second-order valence-corrected chi connectivity index (χ2v) is 8.91. The first-order valence-electron chi connectivity index (χ1n) is 9.40. The molecule has 0 aromatic heterocycles. The molecule has 4 rings (SSSR count). The Morgan fingerprint density at radius 3 is 2.43 bits per heavy atom. The molecule has 0 bridgehead atoms. The zero-order valence-corrected chi connectivity index (χ0v) is 13.9. The number of rotatable bonds is 0. The molecule has 130 valence electrons. The monoisotopic (exact) mass is 328 g/mol. The van der Waals surface area contributed by atoms with Gasteiger partial charge >= 0.3 is 6.18 Å². The van der Waals surface area contributed by atoms with Crippen molar-refractivity contribution in [2.45, 2.75) is 70.9 Å². The summed E-state index contributed by atoms with van der Waals surface area (Å²) in [5.74, 6) is 1.85. The van der Waals surface area contributed by atoms with Crippen LogP contribution in [0.1, 0.15) is 64.7 Å². The summed E-state index contributed by atoms with van der Waals surface area (Å²) < 4.78 is 39.2. The van der Waals surface area contributed by atoms with Crippen LogP contribution in [0, 0.1) is 40.9 Å². The molecule has 0 aromatic carbocycles. The first-order chi connectivity index (χ1) is 10.8. The van der Waals surface area contributed by atoms with Gasteiger partial charge in [-0.25, -0.2) is 0 Å². The summed E-state index contributed by atoms with van der Waals surface area (Å²) in [6, 6.07) is 0. The second-order valence-electron chi connectivity index (χ2n) is 8.91. The van der Waals surface area contributed by atoms with Crippen LogP contribution in [-0.2, 0) is 4.79 Å². The van der Waals surface area contributed by atoms with Gasteiger partial charge in [0, 0.05) is 11.8 Å². The van der Waals surface area contributed by atoms with Crippen molar-refractivity contribution >= 4 is 5.78 Å². The van der Waals surface area contributed by atoms with Crippen LogP contribution >= 0.6 is 0 Å². The normalized spacial score (nSPS) is 50.2. The molecule has 0 aliphatic heterocycles. The molecule has 0 heterocycles. The molecule has 0 aromatic rings. The van der Waals surface area contributed by atoms with Gasteiger partial charge < -0.3 is 0 Å². The van der Waals surface area contributed by atoms with Gasteiger partial charge in [0.25, 0.3) is 0 Å². The Morgan fingerprint density at radius 1 is 0.957 bits per heavy atom. The summed E-state index contributed by atoms with van der Waals surface area (Å²) in [5.41, 5.74) is -0.114. The van der Waals surface area contributed by atoms with Crippen molar-refractivity contribution in [3.05, 3.63) is 0 Å². The average molecular weight is 328 g/mol. The van der Waals surface area contributed by atoms with E-state index < -0.39 is 12.1 Å². The maximum Gasteiger partial charge on any atom is 0.391 e. The van der Waals surface area contributed by atoms with E-state index in [4.69, 9.17) is 0 Å². The largest absolute Gasteiger partial charge is 0.391 e. The molecule has 0 radical (unpaired) electrons. The lowest BCUT2D eigenvalue weighted by Gasteiger charge is -2.55. The van der Waals surface area contributed by atoms with Crippen molar-refractivity contribution in [2.24, 2.45) is 40.9 Å². The third-order valence-corrected chi connectivity index (χ3v) is 8.13. The molecule has 0 saturated heterocycles. The zero-order valence-electron chi connectivity index (χ0n) is 13.9. The molecule has 1 nitrogen and oxygen atoms in total. The third-order valence-electron chi connectivity index (χ3n) is 8.13. The fourth-order valence-electron chi connectivity index (χ4n) is 6.92. The fourth-order valence-corrected chi connectivity index (χ4v) is 6.92. The van der Waals surface area contributed by atoms with Gasteiger partial charge in [-0.1, -0.05) is 6.92 Å². The van der Waals surface area contributed by atoms with Gasteiger partial charge in [-0.2, -0.15) is 13.2 Å². The predicted molar refractivity (Wildman–Crippen MR) is 81.7 cm³/mol. The van der Waals surface area contributed by atoms with E-state index in [1.807, 2.05) is 0 Å². The van der Waals surface area contributed by atoms with Crippen molar-refractivity contribution in [1.82, 2.24) is 0 Å². The maximum atomic E-state index is 13.1. The highest BCUT2D eigenvalue weighted by atomic mass is 19.4. The lowest BCUT2D eigenvalue weighted by atomic mass is 9.50. The van der Waals surface area contributed by atoms with E-state index in [0.717, 1.165) is 44.9 Å². The Bertz CT molecular complexity index is 499. The fraction of sp³-hybridized carbons (Fsp3) is 0.947. The number of carbonyl (C=O) groups excluding carboxylic acids is 1. The minimum atomic E-state index is -4.01. The highest BCUT2D eigenvalue weighted by molar-refractivity contribution is 5.87. The highest BCUT2D eigenvalue weighted by Crippen LogP contribution is 2.62. The molecule has 4 saturated carbocycles. The Kier molecular flexibility index (Phi) is 3.63. The van der Waals surface area contributed by atoms with Crippen molar-refractivity contribution in [3.8, 4) is 0 Å². The molecule has 6 unspecified atom stereocenters. The van der Waals surface area contributed by atoms with Crippen LogP contribution in [0.2, 0.25) is 0 Å². The SMILES string of the molecule is C[C@]12CCC3C4CCC(C(F)(F)F)CC4CCC3C1CCC2=O. The van der Waals surface area contributed by atoms with Crippen LogP contribution in [0.5, 0.6) is 0 Å². The smallest absolute Gasteiger partial charge is 0.299 e. The van der Waals surface area contributed by atoms with Gasteiger partial charge in [-0.3, -0.25) is 4.79 Å². The van der Waals surface area contributed by atoms with Gasteiger partial charge in [0.2, 0.25) is 0 Å². The average Bonchev–Trinajstić information content (AvgIpc) is 2.81. The van der Waals surface area contributed by atoms with Crippen LogP contribution in [0.4, 0.5) is 13.2 Å². The van der Waals surface area contributed by atoms with Gasteiger partial charge in [0.15, 0.2) is 0 Å². The second kappa shape index (κ2) is 5.23. The van der Waals surface area contributed by atoms with Gasteiger partial charge in [-0.15, -0.1) is 0 Å². The lowest BCUT2D eigenvalue weighted by molar-refractivity contribution is -0.195. The molecule has 0 amide bonds. The van der Waals surface area contributed by atoms with Gasteiger partial charge in [0.05, 0.1) is 5.92 Å². The number of carbonyl (C=O) groups is 1. The molecule has 4 fully saturated rings. The molecule has 7 atom stereocenters. The molecule has 4 aliphatic rings.